The molecule has 1 aliphatic rings. The summed E-state index contributed by atoms with van der Waals surface area (Å²) >= 11 is 0. The van der Waals surface area contributed by atoms with Gasteiger partial charge in [-0.05, 0) is 50.8 Å². The van der Waals surface area contributed by atoms with Crippen LogP contribution < -0.4 is 5.32 Å². The highest BCUT2D eigenvalue weighted by Crippen LogP contribution is 2.33. The second-order valence-corrected chi connectivity index (χ2v) is 6.54. The van der Waals surface area contributed by atoms with Crippen molar-refractivity contribution in [1.29, 1.82) is 0 Å². The van der Waals surface area contributed by atoms with Crippen molar-refractivity contribution < 1.29 is 0 Å². The van der Waals surface area contributed by atoms with Gasteiger partial charge in [0.15, 0.2) is 0 Å². The summed E-state index contributed by atoms with van der Waals surface area (Å²) in [5, 5.41) is 3.56. The van der Waals surface area contributed by atoms with Crippen LogP contribution in [-0.2, 0) is 13.0 Å². The Hall–Kier alpha value is -1.35. The first-order chi connectivity index (χ1) is 10.2. The smallest absolute Gasteiger partial charge is 0.111 e. The number of aryl methyl sites for hydroxylation is 1. The Kier molecular flexibility index (Phi) is 4.29. The van der Waals surface area contributed by atoms with E-state index >= 15 is 0 Å². The zero-order valence-electron chi connectivity index (χ0n) is 13.5. The first-order valence-corrected chi connectivity index (χ1v) is 8.34. The van der Waals surface area contributed by atoms with Crippen LogP contribution in [0, 0.1) is 11.8 Å². The summed E-state index contributed by atoms with van der Waals surface area (Å²) in [5.74, 6) is 2.92. The number of hydrogen-bond donors (Lipinski definition) is 1. The van der Waals surface area contributed by atoms with Crippen LogP contribution in [0.4, 0.5) is 0 Å². The van der Waals surface area contributed by atoms with Crippen molar-refractivity contribution in [3.05, 3.63) is 30.1 Å². The SMILES string of the molecule is CCn1c(CC(NC)C2CCC(C)C2)nc2ccccc21. The van der Waals surface area contributed by atoms with Crippen LogP contribution in [0.25, 0.3) is 11.0 Å². The lowest BCUT2D eigenvalue weighted by Gasteiger charge is -2.23. The van der Waals surface area contributed by atoms with E-state index in [2.05, 4.69) is 55.0 Å². The van der Waals surface area contributed by atoms with Crippen LogP contribution in [-0.4, -0.2) is 22.6 Å². The molecule has 1 heterocycles. The molecule has 1 aliphatic carbocycles. The molecule has 0 bridgehead atoms. The van der Waals surface area contributed by atoms with Crippen molar-refractivity contribution in [3.63, 3.8) is 0 Å². The molecule has 1 saturated carbocycles. The van der Waals surface area contributed by atoms with Crippen LogP contribution in [0.1, 0.15) is 38.9 Å². The van der Waals surface area contributed by atoms with Gasteiger partial charge in [0.25, 0.3) is 0 Å². The zero-order chi connectivity index (χ0) is 14.8. The summed E-state index contributed by atoms with van der Waals surface area (Å²) in [6, 6.07) is 9.04. The molecule has 114 valence electrons. The molecular weight excluding hydrogens is 258 g/mol. The minimum Gasteiger partial charge on any atom is -0.328 e. The lowest BCUT2D eigenvalue weighted by Crippen LogP contribution is -2.35. The van der Waals surface area contributed by atoms with Crippen LogP contribution in [0.3, 0.4) is 0 Å². The Labute approximate surface area is 127 Å². The highest BCUT2D eigenvalue weighted by molar-refractivity contribution is 5.75. The number of benzene rings is 1. The fourth-order valence-electron chi connectivity index (χ4n) is 3.95. The second-order valence-electron chi connectivity index (χ2n) is 6.54. The summed E-state index contributed by atoms with van der Waals surface area (Å²) in [7, 11) is 2.10. The number of nitrogens with one attached hydrogen (secondary N) is 1. The van der Waals surface area contributed by atoms with E-state index in [9.17, 15) is 0 Å². The Morgan fingerprint density at radius 2 is 2.14 bits per heavy atom. The molecule has 3 nitrogen and oxygen atoms in total. The molecule has 1 aromatic carbocycles. The predicted molar refractivity (Wildman–Crippen MR) is 88.5 cm³/mol. The second kappa shape index (κ2) is 6.18. The topological polar surface area (TPSA) is 29.9 Å². The molecule has 1 N–H and O–H groups in total. The summed E-state index contributed by atoms with van der Waals surface area (Å²) in [6.45, 7) is 5.59. The first-order valence-electron chi connectivity index (χ1n) is 8.34. The number of imidazole rings is 1. The van der Waals surface area contributed by atoms with Crippen molar-refractivity contribution in [2.45, 2.75) is 52.1 Å². The molecule has 2 aromatic rings. The highest BCUT2D eigenvalue weighted by atomic mass is 15.1. The van der Waals surface area contributed by atoms with Crippen LogP contribution in [0.5, 0.6) is 0 Å². The highest BCUT2D eigenvalue weighted by Gasteiger charge is 2.29. The molecule has 3 atom stereocenters. The van der Waals surface area contributed by atoms with Crippen LogP contribution in [0.2, 0.25) is 0 Å². The number of likely N-dealkylation sites (N-methyl/N-ethyl adjacent to an activating group) is 1. The molecule has 21 heavy (non-hydrogen) atoms. The van der Waals surface area contributed by atoms with Gasteiger partial charge in [-0.2, -0.15) is 0 Å². The van der Waals surface area contributed by atoms with Crippen molar-refractivity contribution >= 4 is 11.0 Å². The van der Waals surface area contributed by atoms with E-state index in [1.165, 1.54) is 30.6 Å². The van der Waals surface area contributed by atoms with Gasteiger partial charge in [0.05, 0.1) is 11.0 Å². The van der Waals surface area contributed by atoms with Crippen molar-refractivity contribution in [1.82, 2.24) is 14.9 Å². The third-order valence-corrected chi connectivity index (χ3v) is 5.13. The minimum atomic E-state index is 0.553. The molecule has 0 aliphatic heterocycles. The van der Waals surface area contributed by atoms with Crippen molar-refractivity contribution in [2.75, 3.05) is 7.05 Å². The van der Waals surface area contributed by atoms with Crippen molar-refractivity contribution in [3.8, 4) is 0 Å². The number of para-hydroxylation sites is 2. The molecule has 1 aromatic heterocycles. The quantitative estimate of drug-likeness (QED) is 0.909. The van der Waals surface area contributed by atoms with Gasteiger partial charge in [0.2, 0.25) is 0 Å². The number of aromatic nitrogens is 2. The summed E-state index contributed by atoms with van der Waals surface area (Å²) < 4.78 is 2.37. The normalized spacial score (nSPS) is 23.8. The van der Waals surface area contributed by atoms with Gasteiger partial charge in [-0.1, -0.05) is 25.5 Å². The lowest BCUT2D eigenvalue weighted by molar-refractivity contribution is 0.360. The van der Waals surface area contributed by atoms with Crippen LogP contribution >= 0.6 is 0 Å². The third-order valence-electron chi connectivity index (χ3n) is 5.13. The maximum absolute atomic E-state index is 4.88. The van der Waals surface area contributed by atoms with E-state index in [4.69, 9.17) is 4.98 Å². The number of hydrogen-bond acceptors (Lipinski definition) is 2. The van der Waals surface area contributed by atoms with Gasteiger partial charge in [0, 0.05) is 19.0 Å². The minimum absolute atomic E-state index is 0.553. The fourth-order valence-corrected chi connectivity index (χ4v) is 3.95. The molecule has 0 radical (unpaired) electrons. The first kappa shape index (κ1) is 14.6. The Morgan fingerprint density at radius 1 is 1.33 bits per heavy atom. The van der Waals surface area contributed by atoms with E-state index in [0.29, 0.717) is 6.04 Å². The monoisotopic (exact) mass is 285 g/mol. The van der Waals surface area contributed by atoms with Crippen molar-refractivity contribution in [2.24, 2.45) is 11.8 Å². The zero-order valence-corrected chi connectivity index (χ0v) is 13.5. The van der Waals surface area contributed by atoms with E-state index in [0.717, 1.165) is 30.3 Å². The van der Waals surface area contributed by atoms with E-state index < -0.39 is 0 Å². The molecule has 3 unspecified atom stereocenters. The summed E-state index contributed by atoms with van der Waals surface area (Å²) in [5.41, 5.74) is 2.40. The lowest BCUT2D eigenvalue weighted by atomic mass is 9.94. The van der Waals surface area contributed by atoms with Gasteiger partial charge in [0.1, 0.15) is 5.82 Å². The van der Waals surface area contributed by atoms with E-state index in [1.54, 1.807) is 0 Å². The van der Waals surface area contributed by atoms with Crippen LogP contribution in [0.15, 0.2) is 24.3 Å². The average Bonchev–Trinajstić information content (AvgIpc) is 3.07. The summed E-state index contributed by atoms with van der Waals surface area (Å²) in [6.07, 6.45) is 5.14. The van der Waals surface area contributed by atoms with Gasteiger partial charge >= 0.3 is 0 Å². The van der Waals surface area contributed by atoms with Gasteiger partial charge < -0.3 is 9.88 Å². The number of nitrogens with zero attached hydrogens (tertiary/aromatic N) is 2. The molecule has 3 heteroatoms. The molecule has 0 amide bonds. The maximum Gasteiger partial charge on any atom is 0.111 e. The Morgan fingerprint density at radius 3 is 2.81 bits per heavy atom. The molecule has 3 rings (SSSR count). The molecule has 1 fully saturated rings. The fraction of sp³-hybridized carbons (Fsp3) is 0.611. The Bertz CT molecular complexity index is 602. The summed E-state index contributed by atoms with van der Waals surface area (Å²) in [4.78, 5) is 4.88. The van der Waals surface area contributed by atoms with Gasteiger partial charge in [-0.3, -0.25) is 0 Å². The average molecular weight is 285 g/mol. The standard InChI is InChI=1S/C18H27N3/c1-4-21-17-8-6-5-7-15(17)20-18(21)12-16(19-3)14-10-9-13(2)11-14/h5-8,13-14,16,19H,4,9-12H2,1-3H3. The van der Waals surface area contributed by atoms with E-state index in [1.807, 2.05) is 0 Å². The van der Waals surface area contributed by atoms with E-state index in [-0.39, 0.29) is 0 Å². The number of fused-ring (bicyclic) bond motifs is 1. The Balaban J connectivity index is 1.86. The number of rotatable bonds is 5. The predicted octanol–water partition coefficient (Wildman–Crippen LogP) is 3.62. The maximum atomic E-state index is 4.88. The third kappa shape index (κ3) is 2.84. The largest absolute Gasteiger partial charge is 0.328 e. The molecule has 0 saturated heterocycles. The molecular formula is C18H27N3. The van der Waals surface area contributed by atoms with Gasteiger partial charge in [-0.15, -0.1) is 0 Å². The molecule has 0 spiro atoms. The van der Waals surface area contributed by atoms with Gasteiger partial charge in [-0.25, -0.2) is 4.98 Å².